The van der Waals surface area contributed by atoms with Crippen LogP contribution < -0.4 is 10.6 Å². The predicted octanol–water partition coefficient (Wildman–Crippen LogP) is 1.68. The minimum absolute atomic E-state index is 0.537. The number of likely N-dealkylation sites (tertiary alicyclic amines) is 1. The largest absolute Gasteiger partial charge is 0.356 e. The van der Waals surface area contributed by atoms with E-state index in [4.69, 9.17) is 0 Å². The molecule has 0 amide bonds. The van der Waals surface area contributed by atoms with Crippen LogP contribution in [0.15, 0.2) is 4.99 Å². The third-order valence-electron chi connectivity index (χ3n) is 5.48. The van der Waals surface area contributed by atoms with Crippen LogP contribution in [-0.4, -0.2) is 49.6 Å². The van der Waals surface area contributed by atoms with Gasteiger partial charge in [0.05, 0.1) is 0 Å². The highest BCUT2D eigenvalue weighted by Crippen LogP contribution is 2.50. The zero-order valence-corrected chi connectivity index (χ0v) is 13.4. The molecule has 0 aromatic heterocycles. The second-order valence-electron chi connectivity index (χ2n) is 7.76. The van der Waals surface area contributed by atoms with Gasteiger partial charge in [-0.3, -0.25) is 9.89 Å². The first-order valence-corrected chi connectivity index (χ1v) is 8.21. The molecule has 3 unspecified atom stereocenters. The van der Waals surface area contributed by atoms with Crippen LogP contribution in [0.2, 0.25) is 0 Å². The molecule has 0 radical (unpaired) electrons. The van der Waals surface area contributed by atoms with Gasteiger partial charge in [0.1, 0.15) is 0 Å². The first kappa shape index (κ1) is 14.2. The molecule has 0 bridgehead atoms. The standard InChI is InChI=1S/C16H30N4/c1-11-9-20(13-5-6-13)10-14(11)19-15(17-4)18-8-12-7-16(12,2)3/h11-14H,5-10H2,1-4H3,(H2,17,18,19). The number of nitrogens with zero attached hydrogens (tertiary/aromatic N) is 2. The van der Waals surface area contributed by atoms with Crippen molar-refractivity contribution in [3.8, 4) is 0 Å². The van der Waals surface area contributed by atoms with Crippen LogP contribution in [0.25, 0.3) is 0 Å². The summed E-state index contributed by atoms with van der Waals surface area (Å²) in [6.45, 7) is 10.5. The average Bonchev–Trinajstić information content (AvgIpc) is 3.29. The van der Waals surface area contributed by atoms with Crippen LogP contribution in [0.3, 0.4) is 0 Å². The first-order chi connectivity index (χ1) is 9.49. The second kappa shape index (κ2) is 5.21. The van der Waals surface area contributed by atoms with Crippen LogP contribution in [-0.2, 0) is 0 Å². The summed E-state index contributed by atoms with van der Waals surface area (Å²) in [6, 6.07) is 1.43. The molecule has 1 saturated heterocycles. The summed E-state index contributed by atoms with van der Waals surface area (Å²) in [5.74, 6) is 2.51. The zero-order valence-electron chi connectivity index (χ0n) is 13.4. The van der Waals surface area contributed by atoms with Crippen LogP contribution in [0.1, 0.15) is 40.0 Å². The molecule has 2 N–H and O–H groups in total. The third kappa shape index (κ3) is 3.11. The van der Waals surface area contributed by atoms with Gasteiger partial charge in [-0.1, -0.05) is 20.8 Å². The third-order valence-corrected chi connectivity index (χ3v) is 5.48. The fourth-order valence-corrected chi connectivity index (χ4v) is 3.44. The van der Waals surface area contributed by atoms with Crippen molar-refractivity contribution >= 4 is 5.96 Å². The molecule has 3 fully saturated rings. The molecule has 0 spiro atoms. The van der Waals surface area contributed by atoms with Gasteiger partial charge >= 0.3 is 0 Å². The van der Waals surface area contributed by atoms with Crippen molar-refractivity contribution in [1.29, 1.82) is 0 Å². The summed E-state index contributed by atoms with van der Waals surface area (Å²) in [7, 11) is 1.88. The molecule has 4 heteroatoms. The summed E-state index contributed by atoms with van der Waals surface area (Å²) < 4.78 is 0. The highest BCUT2D eigenvalue weighted by molar-refractivity contribution is 5.80. The predicted molar refractivity (Wildman–Crippen MR) is 83.9 cm³/mol. The van der Waals surface area contributed by atoms with Crippen molar-refractivity contribution < 1.29 is 0 Å². The maximum absolute atomic E-state index is 4.39. The molecule has 114 valence electrons. The molecule has 3 atom stereocenters. The topological polar surface area (TPSA) is 39.7 Å². The minimum atomic E-state index is 0.537. The van der Waals surface area contributed by atoms with E-state index < -0.39 is 0 Å². The van der Waals surface area contributed by atoms with E-state index in [9.17, 15) is 0 Å². The molecule has 1 aliphatic heterocycles. The first-order valence-electron chi connectivity index (χ1n) is 8.21. The Balaban J connectivity index is 1.45. The van der Waals surface area contributed by atoms with Crippen molar-refractivity contribution in [1.82, 2.24) is 15.5 Å². The van der Waals surface area contributed by atoms with Gasteiger partial charge in [-0.2, -0.15) is 0 Å². The molecule has 2 saturated carbocycles. The van der Waals surface area contributed by atoms with Crippen LogP contribution in [0.5, 0.6) is 0 Å². The fourth-order valence-electron chi connectivity index (χ4n) is 3.44. The molecule has 4 nitrogen and oxygen atoms in total. The molecule has 0 aromatic carbocycles. The SMILES string of the molecule is CN=C(NCC1CC1(C)C)NC1CN(C2CC2)CC1C. The fraction of sp³-hybridized carbons (Fsp3) is 0.938. The average molecular weight is 278 g/mol. The molecule has 1 heterocycles. The Labute approximate surface area is 123 Å². The van der Waals surface area contributed by atoms with E-state index in [0.29, 0.717) is 17.4 Å². The van der Waals surface area contributed by atoms with E-state index >= 15 is 0 Å². The molecule has 20 heavy (non-hydrogen) atoms. The van der Waals surface area contributed by atoms with E-state index in [2.05, 4.69) is 41.3 Å². The van der Waals surface area contributed by atoms with E-state index in [1.165, 1.54) is 32.4 Å². The van der Waals surface area contributed by atoms with E-state index in [0.717, 1.165) is 24.5 Å². The Morgan fingerprint density at radius 1 is 1.30 bits per heavy atom. The number of nitrogens with one attached hydrogen (secondary N) is 2. The summed E-state index contributed by atoms with van der Waals surface area (Å²) in [4.78, 5) is 7.05. The van der Waals surface area contributed by atoms with Crippen molar-refractivity contribution in [2.75, 3.05) is 26.7 Å². The van der Waals surface area contributed by atoms with Gasteiger partial charge in [0.2, 0.25) is 0 Å². The lowest BCUT2D eigenvalue weighted by molar-refractivity contribution is 0.315. The van der Waals surface area contributed by atoms with Gasteiger partial charge in [-0.05, 0) is 36.5 Å². The Hall–Kier alpha value is -0.770. The number of hydrogen-bond donors (Lipinski definition) is 2. The van der Waals surface area contributed by atoms with Crippen LogP contribution in [0, 0.1) is 17.3 Å². The Bertz CT molecular complexity index is 386. The highest BCUT2D eigenvalue weighted by atomic mass is 15.3. The molecule has 3 rings (SSSR count). The normalized spacial score (nSPS) is 37.0. The lowest BCUT2D eigenvalue weighted by Gasteiger charge is -2.20. The summed E-state index contributed by atoms with van der Waals surface area (Å²) >= 11 is 0. The van der Waals surface area contributed by atoms with Crippen LogP contribution in [0.4, 0.5) is 0 Å². The van der Waals surface area contributed by atoms with E-state index in [1.54, 1.807) is 0 Å². The quantitative estimate of drug-likeness (QED) is 0.607. The van der Waals surface area contributed by atoms with E-state index in [-0.39, 0.29) is 0 Å². The molecular weight excluding hydrogens is 248 g/mol. The maximum Gasteiger partial charge on any atom is 0.191 e. The summed E-state index contributed by atoms with van der Waals surface area (Å²) in [6.07, 6.45) is 4.15. The summed E-state index contributed by atoms with van der Waals surface area (Å²) in [5, 5.41) is 7.15. The van der Waals surface area contributed by atoms with E-state index in [1.807, 2.05) is 7.05 Å². The number of hydrogen-bond acceptors (Lipinski definition) is 2. The maximum atomic E-state index is 4.39. The molecule has 3 aliphatic rings. The molecule has 2 aliphatic carbocycles. The van der Waals surface area contributed by atoms with Gasteiger partial charge in [0, 0.05) is 38.8 Å². The minimum Gasteiger partial charge on any atom is -0.356 e. The van der Waals surface area contributed by atoms with Crippen molar-refractivity contribution in [2.45, 2.75) is 52.1 Å². The van der Waals surface area contributed by atoms with Gasteiger partial charge < -0.3 is 10.6 Å². The zero-order chi connectivity index (χ0) is 14.3. The lowest BCUT2D eigenvalue weighted by Crippen LogP contribution is -2.47. The smallest absolute Gasteiger partial charge is 0.191 e. The number of aliphatic imine (C=N–C) groups is 1. The van der Waals surface area contributed by atoms with Crippen molar-refractivity contribution in [2.24, 2.45) is 22.2 Å². The monoisotopic (exact) mass is 278 g/mol. The Kier molecular flexibility index (Phi) is 3.69. The molecular formula is C16H30N4. The number of guanidine groups is 1. The van der Waals surface area contributed by atoms with Gasteiger partial charge in [-0.15, -0.1) is 0 Å². The van der Waals surface area contributed by atoms with Gasteiger partial charge in [-0.25, -0.2) is 0 Å². The Morgan fingerprint density at radius 3 is 2.55 bits per heavy atom. The number of rotatable bonds is 4. The second-order valence-corrected chi connectivity index (χ2v) is 7.76. The summed E-state index contributed by atoms with van der Waals surface area (Å²) in [5.41, 5.74) is 0.537. The van der Waals surface area contributed by atoms with Gasteiger partial charge in [0.25, 0.3) is 0 Å². The van der Waals surface area contributed by atoms with Crippen molar-refractivity contribution in [3.05, 3.63) is 0 Å². The van der Waals surface area contributed by atoms with Crippen LogP contribution >= 0.6 is 0 Å². The Morgan fingerprint density at radius 2 is 2.00 bits per heavy atom. The molecule has 0 aromatic rings. The van der Waals surface area contributed by atoms with Gasteiger partial charge in [0.15, 0.2) is 5.96 Å². The highest BCUT2D eigenvalue weighted by Gasteiger charge is 2.45. The van der Waals surface area contributed by atoms with Crippen molar-refractivity contribution in [3.63, 3.8) is 0 Å². The lowest BCUT2D eigenvalue weighted by atomic mass is 10.1.